The molecule has 0 amide bonds. The molecule has 0 spiro atoms. The van der Waals surface area contributed by atoms with Crippen molar-refractivity contribution in [2.75, 3.05) is 6.26 Å². The molecule has 100 valence electrons. The number of aromatic nitrogens is 1. The van der Waals surface area contributed by atoms with E-state index in [2.05, 4.69) is 48.3 Å². The number of fused-ring (bicyclic) bond motifs is 1. The Labute approximate surface area is 122 Å². The highest BCUT2D eigenvalue weighted by atomic mass is 32.2. The maximum atomic E-state index is 4.85. The Hall–Kier alpha value is -2.00. The van der Waals surface area contributed by atoms with E-state index in [1.807, 2.05) is 30.3 Å². The van der Waals surface area contributed by atoms with Gasteiger partial charge in [0.05, 0.1) is 11.0 Å². The molecule has 3 heteroatoms. The van der Waals surface area contributed by atoms with Crippen LogP contribution in [0.1, 0.15) is 0 Å². The molecule has 0 aliphatic heterocycles. The summed E-state index contributed by atoms with van der Waals surface area (Å²) in [5.41, 5.74) is 2.18. The molecule has 2 aromatic carbocycles. The zero-order chi connectivity index (χ0) is 13.9. The van der Waals surface area contributed by atoms with Crippen LogP contribution in [0.3, 0.4) is 0 Å². The minimum absolute atomic E-state index is 0.988. The summed E-state index contributed by atoms with van der Waals surface area (Å²) in [6.07, 6.45) is 4.24. The van der Waals surface area contributed by atoms with Crippen molar-refractivity contribution in [3.63, 3.8) is 0 Å². The Morgan fingerprint density at radius 1 is 0.950 bits per heavy atom. The van der Waals surface area contributed by atoms with Crippen LogP contribution in [0.2, 0.25) is 0 Å². The number of benzene rings is 2. The van der Waals surface area contributed by atoms with Gasteiger partial charge in [0.15, 0.2) is 0 Å². The van der Waals surface area contributed by atoms with Crippen LogP contribution in [-0.4, -0.2) is 10.8 Å². The predicted molar refractivity (Wildman–Crippen MR) is 86.4 cm³/mol. The molecule has 0 aliphatic rings. The Morgan fingerprint density at radius 2 is 1.65 bits per heavy atom. The minimum Gasteiger partial charge on any atom is -0.349 e. The average molecular weight is 280 g/mol. The fraction of sp³-hybridized carbons (Fsp3) is 0.118. The number of hydrogen-bond acceptors (Lipinski definition) is 2. The summed E-state index contributed by atoms with van der Waals surface area (Å²) >= 11 is 1.73. The molecule has 3 aromatic rings. The molecule has 1 aromatic heterocycles. The van der Waals surface area contributed by atoms with Crippen molar-refractivity contribution < 1.29 is 0 Å². The molecule has 0 fully saturated rings. The van der Waals surface area contributed by atoms with E-state index < -0.39 is 0 Å². The van der Waals surface area contributed by atoms with E-state index in [0.717, 1.165) is 11.0 Å². The topological polar surface area (TPSA) is 17.3 Å². The summed E-state index contributed by atoms with van der Waals surface area (Å²) in [6.45, 7) is 0. The largest absolute Gasteiger partial charge is 0.349 e. The Kier molecular flexibility index (Phi) is 3.61. The number of thioether (sulfide) groups is 1. The summed E-state index contributed by atoms with van der Waals surface area (Å²) < 4.78 is 2.16. The van der Waals surface area contributed by atoms with Crippen LogP contribution in [0.25, 0.3) is 10.9 Å². The minimum atomic E-state index is 0.988. The molecule has 0 saturated heterocycles. The summed E-state index contributed by atoms with van der Waals surface area (Å²) in [5, 5.41) is 2.24. The second kappa shape index (κ2) is 5.55. The lowest BCUT2D eigenvalue weighted by molar-refractivity contribution is 0.919. The zero-order valence-electron chi connectivity index (χ0n) is 11.6. The molecule has 3 rings (SSSR count). The first kappa shape index (κ1) is 13.0. The van der Waals surface area contributed by atoms with Crippen molar-refractivity contribution in [1.29, 1.82) is 0 Å². The molecule has 0 aliphatic carbocycles. The van der Waals surface area contributed by atoms with E-state index in [1.54, 1.807) is 11.8 Å². The Balaban J connectivity index is 2.39. The predicted octanol–water partition coefficient (Wildman–Crippen LogP) is 4.13. The van der Waals surface area contributed by atoms with Gasteiger partial charge in [-0.1, -0.05) is 36.4 Å². The third-order valence-electron chi connectivity index (χ3n) is 3.30. The van der Waals surface area contributed by atoms with E-state index in [1.165, 1.54) is 15.8 Å². The third-order valence-corrected chi connectivity index (χ3v) is 4.04. The second-order valence-electron chi connectivity index (χ2n) is 4.62. The molecule has 20 heavy (non-hydrogen) atoms. The monoisotopic (exact) mass is 280 g/mol. The van der Waals surface area contributed by atoms with Crippen molar-refractivity contribution >= 4 is 28.4 Å². The lowest BCUT2D eigenvalue weighted by Crippen LogP contribution is -2.11. The lowest BCUT2D eigenvalue weighted by Gasteiger charge is -2.09. The van der Waals surface area contributed by atoms with Gasteiger partial charge in [-0.3, -0.25) is 0 Å². The first-order valence-electron chi connectivity index (χ1n) is 6.52. The summed E-state index contributed by atoms with van der Waals surface area (Å²) in [6, 6.07) is 18.5. The standard InChI is InChI=1S/C17H16N2S/c1-19-12-16(20-2)17(14-10-6-7-11-15(14)19)18-13-8-4-3-5-9-13/h3-12H,1-2H3. The van der Waals surface area contributed by atoms with Crippen LogP contribution in [0.4, 0.5) is 5.69 Å². The molecule has 0 N–H and O–H groups in total. The van der Waals surface area contributed by atoms with Crippen LogP contribution in [0.15, 0.2) is 70.7 Å². The summed E-state index contributed by atoms with van der Waals surface area (Å²) in [7, 11) is 2.08. The normalized spacial score (nSPS) is 12.0. The lowest BCUT2D eigenvalue weighted by atomic mass is 10.2. The number of nitrogens with zero attached hydrogens (tertiary/aromatic N) is 2. The van der Waals surface area contributed by atoms with Crippen molar-refractivity contribution in [2.24, 2.45) is 12.0 Å². The number of pyridine rings is 1. The number of hydrogen-bond donors (Lipinski definition) is 0. The maximum Gasteiger partial charge on any atom is 0.0880 e. The van der Waals surface area contributed by atoms with E-state index in [-0.39, 0.29) is 0 Å². The molecule has 0 atom stereocenters. The van der Waals surface area contributed by atoms with Crippen LogP contribution in [0, 0.1) is 0 Å². The fourth-order valence-electron chi connectivity index (χ4n) is 2.32. The van der Waals surface area contributed by atoms with E-state index in [0.29, 0.717) is 0 Å². The molecular formula is C17H16N2S. The number of para-hydroxylation sites is 2. The van der Waals surface area contributed by atoms with Gasteiger partial charge >= 0.3 is 0 Å². The van der Waals surface area contributed by atoms with Crippen LogP contribution in [0.5, 0.6) is 0 Å². The van der Waals surface area contributed by atoms with E-state index in [9.17, 15) is 0 Å². The van der Waals surface area contributed by atoms with Gasteiger partial charge in [0, 0.05) is 29.0 Å². The summed E-state index contributed by atoms with van der Waals surface area (Å²) in [5.74, 6) is 0. The van der Waals surface area contributed by atoms with Crippen LogP contribution in [-0.2, 0) is 7.05 Å². The molecule has 1 heterocycles. The zero-order valence-corrected chi connectivity index (χ0v) is 12.4. The SMILES string of the molecule is CSc1cn(C)c2ccccc2c1=Nc1ccccc1. The average Bonchev–Trinajstić information content (AvgIpc) is 2.51. The quantitative estimate of drug-likeness (QED) is 0.645. The molecule has 0 bridgehead atoms. The van der Waals surface area contributed by atoms with Gasteiger partial charge in [-0.2, -0.15) is 0 Å². The molecular weight excluding hydrogens is 264 g/mol. The van der Waals surface area contributed by atoms with Crippen LogP contribution < -0.4 is 5.36 Å². The highest BCUT2D eigenvalue weighted by molar-refractivity contribution is 7.98. The Bertz CT molecular complexity index is 804. The summed E-state index contributed by atoms with van der Waals surface area (Å²) in [4.78, 5) is 6.04. The van der Waals surface area contributed by atoms with E-state index in [4.69, 9.17) is 4.99 Å². The Morgan fingerprint density at radius 3 is 2.40 bits per heavy atom. The van der Waals surface area contributed by atoms with Crippen molar-refractivity contribution in [3.8, 4) is 0 Å². The fourth-order valence-corrected chi connectivity index (χ4v) is 2.93. The highest BCUT2D eigenvalue weighted by Crippen LogP contribution is 2.18. The van der Waals surface area contributed by atoms with Gasteiger partial charge in [-0.25, -0.2) is 4.99 Å². The van der Waals surface area contributed by atoms with Crippen molar-refractivity contribution in [2.45, 2.75) is 4.90 Å². The van der Waals surface area contributed by atoms with Gasteiger partial charge in [-0.15, -0.1) is 11.8 Å². The van der Waals surface area contributed by atoms with Gasteiger partial charge in [0.2, 0.25) is 0 Å². The van der Waals surface area contributed by atoms with Gasteiger partial charge in [0.25, 0.3) is 0 Å². The van der Waals surface area contributed by atoms with Gasteiger partial charge in [-0.05, 0) is 24.5 Å². The van der Waals surface area contributed by atoms with Crippen LogP contribution >= 0.6 is 11.8 Å². The molecule has 0 radical (unpaired) electrons. The first-order valence-corrected chi connectivity index (χ1v) is 7.74. The second-order valence-corrected chi connectivity index (χ2v) is 5.47. The third kappa shape index (κ3) is 2.37. The molecule has 0 saturated carbocycles. The highest BCUT2D eigenvalue weighted by Gasteiger charge is 2.04. The van der Waals surface area contributed by atoms with Gasteiger partial charge in [0.1, 0.15) is 0 Å². The first-order chi connectivity index (χ1) is 9.79. The number of rotatable bonds is 2. The van der Waals surface area contributed by atoms with Crippen molar-refractivity contribution in [3.05, 3.63) is 66.2 Å². The van der Waals surface area contributed by atoms with Gasteiger partial charge < -0.3 is 4.57 Å². The molecule has 2 nitrogen and oxygen atoms in total. The molecule has 0 unspecified atom stereocenters. The smallest absolute Gasteiger partial charge is 0.0880 e. The van der Waals surface area contributed by atoms with Crippen molar-refractivity contribution in [1.82, 2.24) is 4.57 Å². The van der Waals surface area contributed by atoms with E-state index >= 15 is 0 Å². The maximum absolute atomic E-state index is 4.85. The number of aryl methyl sites for hydroxylation is 1.